The lowest BCUT2D eigenvalue weighted by molar-refractivity contribution is -0.138. The summed E-state index contributed by atoms with van der Waals surface area (Å²) in [5, 5.41) is 7.14. The first kappa shape index (κ1) is 11.5. The average Bonchev–Trinajstić information content (AvgIpc) is 2.15. The number of carbonyl (C=O) groups is 1. The van der Waals surface area contributed by atoms with Crippen molar-refractivity contribution in [3.05, 3.63) is 29.1 Å². The molecule has 0 fully saturated rings. The molecule has 1 heterocycles. The molecule has 3 nitrogen and oxygen atoms in total. The largest absolute Gasteiger partial charge is 0.419 e. The molecule has 0 amide bonds. The van der Waals surface area contributed by atoms with Crippen LogP contribution >= 0.6 is 11.6 Å². The lowest BCUT2D eigenvalue weighted by Gasteiger charge is -2.10. The molecule has 0 aliphatic rings. The molecule has 0 aromatic carbocycles. The van der Waals surface area contributed by atoms with Gasteiger partial charge in [0.1, 0.15) is 11.6 Å². The van der Waals surface area contributed by atoms with Gasteiger partial charge in [-0.3, -0.25) is 4.79 Å². The summed E-state index contributed by atoms with van der Waals surface area (Å²) in [6.45, 7) is 0. The Hall–Kier alpha value is -1.61. The van der Waals surface area contributed by atoms with E-state index in [4.69, 9.17) is 16.9 Å². The molecule has 1 aromatic rings. The molecule has 0 saturated heterocycles. The zero-order valence-corrected chi connectivity index (χ0v) is 7.73. The van der Waals surface area contributed by atoms with E-state index in [0.29, 0.717) is 0 Å². The van der Waals surface area contributed by atoms with Crippen molar-refractivity contribution < 1.29 is 18.0 Å². The lowest BCUT2D eigenvalue weighted by atomic mass is 10.1. The summed E-state index contributed by atoms with van der Waals surface area (Å²) >= 11 is 4.97. The number of carbonyl (C=O) groups excluding carboxylic acids is 1. The van der Waals surface area contributed by atoms with Crippen molar-refractivity contribution in [3.63, 3.8) is 0 Å². The quantitative estimate of drug-likeness (QED) is 0.701. The van der Waals surface area contributed by atoms with Crippen LogP contribution in [0.5, 0.6) is 0 Å². The van der Waals surface area contributed by atoms with Crippen LogP contribution in [-0.4, -0.2) is 10.2 Å². The molecular weight excluding hydrogens is 233 g/mol. The SMILES string of the molecule is N#Cc1nccc(C(=O)Cl)c1C(F)(F)F. The molecule has 0 spiro atoms. The molecule has 0 aliphatic carbocycles. The van der Waals surface area contributed by atoms with E-state index >= 15 is 0 Å². The third-order valence-corrected chi connectivity index (χ3v) is 1.76. The van der Waals surface area contributed by atoms with Gasteiger partial charge in [0.15, 0.2) is 5.69 Å². The molecule has 0 atom stereocenters. The van der Waals surface area contributed by atoms with E-state index < -0.39 is 28.2 Å². The summed E-state index contributed by atoms with van der Waals surface area (Å²) in [5.74, 6) is 0. The van der Waals surface area contributed by atoms with E-state index in [0.717, 1.165) is 12.3 Å². The number of halogens is 4. The summed E-state index contributed by atoms with van der Waals surface area (Å²) in [6, 6.07) is 2.07. The maximum Gasteiger partial charge on any atom is 0.419 e. The van der Waals surface area contributed by atoms with Gasteiger partial charge in [0.2, 0.25) is 0 Å². The molecule has 0 aliphatic heterocycles. The zero-order valence-electron chi connectivity index (χ0n) is 6.97. The number of hydrogen-bond acceptors (Lipinski definition) is 3. The fraction of sp³-hybridized carbons (Fsp3) is 0.125. The number of aromatic nitrogens is 1. The summed E-state index contributed by atoms with van der Waals surface area (Å²) < 4.78 is 37.4. The van der Waals surface area contributed by atoms with E-state index in [2.05, 4.69) is 4.98 Å². The highest BCUT2D eigenvalue weighted by Crippen LogP contribution is 2.34. The van der Waals surface area contributed by atoms with Crippen molar-refractivity contribution in [1.29, 1.82) is 5.26 Å². The Balaban J connectivity index is 3.57. The normalized spacial score (nSPS) is 10.9. The van der Waals surface area contributed by atoms with Crippen LogP contribution in [0, 0.1) is 11.3 Å². The maximum absolute atomic E-state index is 12.5. The molecule has 0 radical (unpaired) electrons. The number of nitrogens with zero attached hydrogens (tertiary/aromatic N) is 2. The van der Waals surface area contributed by atoms with Gasteiger partial charge in [-0.05, 0) is 17.7 Å². The second-order valence-electron chi connectivity index (χ2n) is 2.47. The average molecular weight is 235 g/mol. The highest BCUT2D eigenvalue weighted by Gasteiger charge is 2.38. The van der Waals surface area contributed by atoms with Crippen LogP contribution in [0.1, 0.15) is 21.6 Å². The Kier molecular flexibility index (Phi) is 2.95. The fourth-order valence-corrected chi connectivity index (χ4v) is 1.15. The second kappa shape index (κ2) is 3.87. The molecule has 7 heteroatoms. The minimum atomic E-state index is -4.83. The topological polar surface area (TPSA) is 53.8 Å². The van der Waals surface area contributed by atoms with Crippen molar-refractivity contribution >= 4 is 16.8 Å². The van der Waals surface area contributed by atoms with E-state index in [1.54, 1.807) is 0 Å². The van der Waals surface area contributed by atoms with Crippen LogP contribution in [0.2, 0.25) is 0 Å². The Labute approximate surface area is 87.1 Å². The minimum Gasteiger partial charge on any atom is -0.276 e. The van der Waals surface area contributed by atoms with Crippen LogP contribution < -0.4 is 0 Å². The van der Waals surface area contributed by atoms with Crippen molar-refractivity contribution in [2.45, 2.75) is 6.18 Å². The highest BCUT2D eigenvalue weighted by molar-refractivity contribution is 6.67. The van der Waals surface area contributed by atoms with Gasteiger partial charge in [0.05, 0.1) is 5.56 Å². The molecule has 15 heavy (non-hydrogen) atoms. The summed E-state index contributed by atoms with van der Waals surface area (Å²) in [4.78, 5) is 13.9. The molecule has 0 unspecified atom stereocenters. The van der Waals surface area contributed by atoms with Gasteiger partial charge in [-0.25, -0.2) is 4.98 Å². The van der Waals surface area contributed by atoms with E-state index in [1.165, 1.54) is 6.07 Å². The maximum atomic E-state index is 12.5. The Morgan fingerprint density at radius 2 is 2.13 bits per heavy atom. The number of alkyl halides is 3. The molecular formula is C8H2ClF3N2O. The predicted octanol–water partition coefficient (Wildman–Crippen LogP) is 2.35. The van der Waals surface area contributed by atoms with Crippen LogP contribution in [0.3, 0.4) is 0 Å². The van der Waals surface area contributed by atoms with Crippen LogP contribution in [0.4, 0.5) is 13.2 Å². The van der Waals surface area contributed by atoms with Crippen LogP contribution in [-0.2, 0) is 6.18 Å². The zero-order chi connectivity index (χ0) is 11.6. The first-order chi connectivity index (χ1) is 6.88. The number of hydrogen-bond donors (Lipinski definition) is 0. The van der Waals surface area contributed by atoms with Crippen molar-refractivity contribution in [3.8, 4) is 6.07 Å². The monoisotopic (exact) mass is 234 g/mol. The highest BCUT2D eigenvalue weighted by atomic mass is 35.5. The van der Waals surface area contributed by atoms with Gasteiger partial charge in [-0.1, -0.05) is 0 Å². The molecule has 1 aromatic heterocycles. The number of pyridine rings is 1. The van der Waals surface area contributed by atoms with Gasteiger partial charge >= 0.3 is 6.18 Å². The van der Waals surface area contributed by atoms with Crippen LogP contribution in [0.15, 0.2) is 12.3 Å². The first-order valence-corrected chi connectivity index (χ1v) is 3.92. The number of rotatable bonds is 1. The summed E-state index contributed by atoms with van der Waals surface area (Å²) in [5.41, 5.74) is -3.03. The van der Waals surface area contributed by atoms with Gasteiger partial charge in [0.25, 0.3) is 5.24 Å². The van der Waals surface area contributed by atoms with E-state index in [1.807, 2.05) is 0 Å². The number of nitriles is 1. The van der Waals surface area contributed by atoms with E-state index in [9.17, 15) is 18.0 Å². The van der Waals surface area contributed by atoms with Crippen molar-refractivity contribution in [2.75, 3.05) is 0 Å². The third kappa shape index (κ3) is 2.25. The standard InChI is InChI=1S/C8H2ClF3N2O/c9-7(15)4-1-2-14-5(3-13)6(4)8(10,11)12/h1-2H. The Morgan fingerprint density at radius 1 is 1.53 bits per heavy atom. The summed E-state index contributed by atoms with van der Waals surface area (Å²) in [6.07, 6.45) is -3.91. The van der Waals surface area contributed by atoms with E-state index in [-0.39, 0.29) is 0 Å². The fourth-order valence-electron chi connectivity index (χ4n) is 0.997. The van der Waals surface area contributed by atoms with Gasteiger partial charge < -0.3 is 0 Å². The van der Waals surface area contributed by atoms with Gasteiger partial charge in [-0.15, -0.1) is 0 Å². The van der Waals surface area contributed by atoms with Gasteiger partial charge in [-0.2, -0.15) is 18.4 Å². The molecule has 0 saturated carbocycles. The van der Waals surface area contributed by atoms with Gasteiger partial charge in [0, 0.05) is 6.20 Å². The van der Waals surface area contributed by atoms with Crippen LogP contribution in [0.25, 0.3) is 0 Å². The van der Waals surface area contributed by atoms with Crippen molar-refractivity contribution in [2.24, 2.45) is 0 Å². The minimum absolute atomic E-state index is 0.768. The first-order valence-electron chi connectivity index (χ1n) is 3.54. The third-order valence-electron chi connectivity index (χ3n) is 1.55. The van der Waals surface area contributed by atoms with Crippen molar-refractivity contribution in [1.82, 2.24) is 4.98 Å². The summed E-state index contributed by atoms with van der Waals surface area (Å²) in [7, 11) is 0. The molecule has 0 N–H and O–H groups in total. The lowest BCUT2D eigenvalue weighted by Crippen LogP contribution is -2.14. The predicted molar refractivity (Wildman–Crippen MR) is 44.1 cm³/mol. The second-order valence-corrected chi connectivity index (χ2v) is 2.81. The molecule has 1 rings (SSSR count). The molecule has 0 bridgehead atoms. The Bertz CT molecular complexity index is 450. The molecule has 78 valence electrons. The smallest absolute Gasteiger partial charge is 0.276 e. The Morgan fingerprint density at radius 3 is 2.53 bits per heavy atom.